The first-order valence-corrected chi connectivity index (χ1v) is 5.14. The lowest BCUT2D eigenvalue weighted by Gasteiger charge is -2.28. The Labute approximate surface area is 86.7 Å². The van der Waals surface area contributed by atoms with Crippen LogP contribution in [-0.2, 0) is 5.88 Å². The van der Waals surface area contributed by atoms with Crippen molar-refractivity contribution in [2.45, 2.75) is 24.8 Å². The number of hydrogen-bond donors (Lipinski definition) is 1. The number of aromatic nitrogens is 2. The minimum atomic E-state index is -0.296. The molecular formula is C8H12ClN3O2. The normalized spacial score (nSPS) is 22.7. The van der Waals surface area contributed by atoms with E-state index in [1.54, 1.807) is 0 Å². The number of piperidine rings is 1. The van der Waals surface area contributed by atoms with E-state index in [-0.39, 0.29) is 12.0 Å². The van der Waals surface area contributed by atoms with E-state index in [1.807, 2.05) is 4.90 Å². The number of nitrogens with zero attached hydrogens (tertiary/aromatic N) is 3. The second-order valence-electron chi connectivity index (χ2n) is 3.35. The Morgan fingerprint density at radius 3 is 3.07 bits per heavy atom. The molecule has 0 aliphatic carbocycles. The van der Waals surface area contributed by atoms with Gasteiger partial charge in [0.15, 0.2) is 0 Å². The van der Waals surface area contributed by atoms with Crippen LogP contribution in [0.3, 0.4) is 0 Å². The summed E-state index contributed by atoms with van der Waals surface area (Å²) in [7, 11) is 0. The summed E-state index contributed by atoms with van der Waals surface area (Å²) in [6.07, 6.45) is 1.49. The summed E-state index contributed by atoms with van der Waals surface area (Å²) in [5.41, 5.74) is 0. The summed E-state index contributed by atoms with van der Waals surface area (Å²) in [5.74, 6) is 0.644. The predicted octanol–water partition coefficient (Wildman–Crippen LogP) is 0.769. The standard InChI is InChI=1S/C8H12ClN3O2/c9-4-7-10-11-8(14-7)12-3-1-2-6(13)5-12/h6,13H,1-5H2. The Bertz CT molecular complexity index is 305. The Hall–Kier alpha value is -0.810. The molecule has 0 bridgehead atoms. The minimum absolute atomic E-state index is 0.226. The number of aliphatic hydroxyl groups is 1. The van der Waals surface area contributed by atoms with Gasteiger partial charge in [-0.2, -0.15) is 0 Å². The maximum Gasteiger partial charge on any atom is 0.318 e. The van der Waals surface area contributed by atoms with Gasteiger partial charge in [0, 0.05) is 13.1 Å². The van der Waals surface area contributed by atoms with Crippen molar-refractivity contribution in [2.24, 2.45) is 0 Å². The van der Waals surface area contributed by atoms with E-state index in [4.69, 9.17) is 16.0 Å². The van der Waals surface area contributed by atoms with E-state index in [2.05, 4.69) is 10.2 Å². The summed E-state index contributed by atoms with van der Waals surface area (Å²) in [4.78, 5) is 1.89. The lowest BCUT2D eigenvalue weighted by atomic mass is 10.1. The molecule has 1 atom stereocenters. The smallest absolute Gasteiger partial charge is 0.318 e. The van der Waals surface area contributed by atoms with Crippen LogP contribution in [0.4, 0.5) is 6.01 Å². The van der Waals surface area contributed by atoms with E-state index in [0.717, 1.165) is 19.4 Å². The number of rotatable bonds is 2. The molecule has 1 aliphatic heterocycles. The first-order valence-electron chi connectivity index (χ1n) is 4.61. The molecule has 1 fully saturated rings. The van der Waals surface area contributed by atoms with E-state index in [1.165, 1.54) is 0 Å². The summed E-state index contributed by atoms with van der Waals surface area (Å²) >= 11 is 5.54. The molecule has 1 unspecified atom stereocenters. The highest BCUT2D eigenvalue weighted by atomic mass is 35.5. The van der Waals surface area contributed by atoms with Crippen molar-refractivity contribution in [1.82, 2.24) is 10.2 Å². The van der Waals surface area contributed by atoms with Crippen LogP contribution in [0, 0.1) is 0 Å². The molecule has 1 aromatic heterocycles. The Morgan fingerprint density at radius 2 is 2.43 bits per heavy atom. The van der Waals surface area contributed by atoms with Crippen LogP contribution in [0.25, 0.3) is 0 Å². The van der Waals surface area contributed by atoms with Gasteiger partial charge in [-0.3, -0.25) is 0 Å². The van der Waals surface area contributed by atoms with Gasteiger partial charge in [-0.1, -0.05) is 5.10 Å². The average molecular weight is 218 g/mol. The minimum Gasteiger partial charge on any atom is -0.407 e. The third-order valence-electron chi connectivity index (χ3n) is 2.24. The van der Waals surface area contributed by atoms with Crippen LogP contribution in [-0.4, -0.2) is 34.5 Å². The molecule has 1 N–H and O–H groups in total. The van der Waals surface area contributed by atoms with E-state index in [9.17, 15) is 5.11 Å². The highest BCUT2D eigenvalue weighted by Crippen LogP contribution is 2.18. The molecule has 2 heterocycles. The molecule has 2 rings (SSSR count). The Kier molecular flexibility index (Phi) is 2.88. The van der Waals surface area contributed by atoms with Gasteiger partial charge in [0.25, 0.3) is 0 Å². The topological polar surface area (TPSA) is 62.4 Å². The molecule has 1 saturated heterocycles. The fourth-order valence-corrected chi connectivity index (χ4v) is 1.66. The van der Waals surface area contributed by atoms with Crippen LogP contribution in [0.1, 0.15) is 18.7 Å². The quantitative estimate of drug-likeness (QED) is 0.742. The SMILES string of the molecule is OC1CCCN(c2nnc(CCl)o2)C1. The number of halogens is 1. The monoisotopic (exact) mass is 217 g/mol. The van der Waals surface area contributed by atoms with Gasteiger partial charge in [-0.05, 0) is 12.8 Å². The zero-order valence-electron chi connectivity index (χ0n) is 7.69. The number of hydrogen-bond acceptors (Lipinski definition) is 5. The van der Waals surface area contributed by atoms with Gasteiger partial charge in [-0.15, -0.1) is 16.7 Å². The third kappa shape index (κ3) is 1.99. The molecule has 6 heteroatoms. The van der Waals surface area contributed by atoms with Crippen molar-refractivity contribution in [3.63, 3.8) is 0 Å². The second kappa shape index (κ2) is 4.14. The van der Waals surface area contributed by atoms with Crippen LogP contribution >= 0.6 is 11.6 Å². The zero-order chi connectivity index (χ0) is 9.97. The van der Waals surface area contributed by atoms with Crippen LogP contribution < -0.4 is 4.90 Å². The fourth-order valence-electron chi connectivity index (χ4n) is 1.56. The van der Waals surface area contributed by atoms with Gasteiger partial charge < -0.3 is 14.4 Å². The number of aliphatic hydroxyl groups excluding tert-OH is 1. The van der Waals surface area contributed by atoms with Crippen LogP contribution in [0.5, 0.6) is 0 Å². The molecule has 0 amide bonds. The van der Waals surface area contributed by atoms with Crippen molar-refractivity contribution in [2.75, 3.05) is 18.0 Å². The second-order valence-corrected chi connectivity index (χ2v) is 3.62. The zero-order valence-corrected chi connectivity index (χ0v) is 8.44. The molecule has 78 valence electrons. The van der Waals surface area contributed by atoms with Gasteiger partial charge in [-0.25, -0.2) is 0 Å². The largest absolute Gasteiger partial charge is 0.407 e. The molecule has 1 aromatic rings. The number of anilines is 1. The Balaban J connectivity index is 2.06. The summed E-state index contributed by atoms with van der Waals surface area (Å²) in [5, 5.41) is 17.1. The van der Waals surface area contributed by atoms with E-state index in [0.29, 0.717) is 18.5 Å². The van der Waals surface area contributed by atoms with Crippen molar-refractivity contribution < 1.29 is 9.52 Å². The first kappa shape index (κ1) is 9.73. The molecule has 0 spiro atoms. The van der Waals surface area contributed by atoms with Crippen molar-refractivity contribution in [3.05, 3.63) is 5.89 Å². The van der Waals surface area contributed by atoms with Gasteiger partial charge in [0.1, 0.15) is 5.88 Å². The molecule has 5 nitrogen and oxygen atoms in total. The summed E-state index contributed by atoms with van der Waals surface area (Å²) in [6.45, 7) is 1.41. The van der Waals surface area contributed by atoms with Crippen LogP contribution in [0.15, 0.2) is 4.42 Å². The van der Waals surface area contributed by atoms with Crippen molar-refractivity contribution >= 4 is 17.6 Å². The van der Waals surface area contributed by atoms with E-state index < -0.39 is 0 Å². The molecule has 0 saturated carbocycles. The summed E-state index contributed by atoms with van der Waals surface area (Å²) in [6, 6.07) is 0.458. The number of β-amino-alcohol motifs (C(OH)–C–C–N with tert-alkyl or cyclic N) is 1. The Morgan fingerprint density at radius 1 is 1.57 bits per heavy atom. The van der Waals surface area contributed by atoms with Gasteiger partial charge in [0.05, 0.1) is 6.10 Å². The maximum atomic E-state index is 9.45. The summed E-state index contributed by atoms with van der Waals surface area (Å²) < 4.78 is 5.28. The third-order valence-corrected chi connectivity index (χ3v) is 2.47. The molecule has 1 aliphatic rings. The first-order chi connectivity index (χ1) is 6.79. The highest BCUT2D eigenvalue weighted by molar-refractivity contribution is 6.16. The lowest BCUT2D eigenvalue weighted by molar-refractivity contribution is 0.151. The van der Waals surface area contributed by atoms with Gasteiger partial charge >= 0.3 is 6.01 Å². The molecule has 0 aromatic carbocycles. The molecule has 0 radical (unpaired) electrons. The lowest BCUT2D eigenvalue weighted by Crippen LogP contribution is -2.38. The maximum absolute atomic E-state index is 9.45. The highest BCUT2D eigenvalue weighted by Gasteiger charge is 2.21. The number of alkyl halides is 1. The molecule has 14 heavy (non-hydrogen) atoms. The van der Waals surface area contributed by atoms with Gasteiger partial charge in [0.2, 0.25) is 5.89 Å². The molecular weight excluding hydrogens is 206 g/mol. The van der Waals surface area contributed by atoms with Crippen molar-refractivity contribution in [3.8, 4) is 0 Å². The van der Waals surface area contributed by atoms with Crippen molar-refractivity contribution in [1.29, 1.82) is 0 Å². The van der Waals surface area contributed by atoms with E-state index >= 15 is 0 Å². The predicted molar refractivity (Wildman–Crippen MR) is 51.3 cm³/mol. The van der Waals surface area contributed by atoms with Crippen LogP contribution in [0.2, 0.25) is 0 Å². The fraction of sp³-hybridized carbons (Fsp3) is 0.750. The average Bonchev–Trinajstić information content (AvgIpc) is 2.66.